The molecule has 16 heavy (non-hydrogen) atoms. The normalized spacial score (nSPS) is 25.8. The largest absolute Gasteiger partial charge is 0.463 e. The average molecular weight is 229 g/mol. The number of carbonyl (C=O) groups excluding carboxylic acids is 1. The molecule has 1 aliphatic rings. The highest BCUT2D eigenvalue weighted by atomic mass is 16.6. The number of hydrogen-bond donors (Lipinski definition) is 1. The van der Waals surface area contributed by atoms with Gasteiger partial charge in [0.05, 0.1) is 18.1 Å². The Bertz CT molecular complexity index is 222. The van der Waals surface area contributed by atoms with Crippen molar-refractivity contribution in [2.45, 2.75) is 39.7 Å². The monoisotopic (exact) mass is 229 g/mol. The second kappa shape index (κ2) is 6.21. The highest BCUT2D eigenvalue weighted by Gasteiger charge is 2.35. The molecule has 1 aliphatic heterocycles. The molecule has 1 unspecified atom stereocenters. The van der Waals surface area contributed by atoms with Crippen molar-refractivity contribution in [3.63, 3.8) is 0 Å². The molecule has 0 radical (unpaired) electrons. The summed E-state index contributed by atoms with van der Waals surface area (Å²) in [6, 6.07) is 0. The standard InChI is InChI=1S/C12H23NO3/c1-10(2)15-7-8-16-11(14)12(3)5-4-6-13-9-12/h10,13H,4-9H2,1-3H3. The van der Waals surface area contributed by atoms with Gasteiger partial charge in [-0.3, -0.25) is 4.79 Å². The first-order valence-electron chi connectivity index (χ1n) is 6.04. The van der Waals surface area contributed by atoms with E-state index in [1.807, 2.05) is 20.8 Å². The summed E-state index contributed by atoms with van der Waals surface area (Å²) < 4.78 is 10.6. The maximum absolute atomic E-state index is 11.8. The van der Waals surface area contributed by atoms with Crippen molar-refractivity contribution >= 4 is 5.97 Å². The second-order valence-corrected chi connectivity index (χ2v) is 4.90. The van der Waals surface area contributed by atoms with Gasteiger partial charge in [-0.1, -0.05) is 0 Å². The first-order chi connectivity index (χ1) is 7.54. The maximum Gasteiger partial charge on any atom is 0.313 e. The molecule has 0 aromatic rings. The van der Waals surface area contributed by atoms with Crippen molar-refractivity contribution in [2.75, 3.05) is 26.3 Å². The zero-order valence-corrected chi connectivity index (χ0v) is 10.5. The predicted octanol–water partition coefficient (Wildman–Crippen LogP) is 1.34. The van der Waals surface area contributed by atoms with Gasteiger partial charge in [0.1, 0.15) is 6.61 Å². The van der Waals surface area contributed by atoms with E-state index < -0.39 is 0 Å². The minimum Gasteiger partial charge on any atom is -0.463 e. The summed E-state index contributed by atoms with van der Waals surface area (Å²) in [6.45, 7) is 8.45. The second-order valence-electron chi connectivity index (χ2n) is 4.90. The fourth-order valence-corrected chi connectivity index (χ4v) is 1.82. The van der Waals surface area contributed by atoms with Crippen LogP contribution in [0.25, 0.3) is 0 Å². The summed E-state index contributed by atoms with van der Waals surface area (Å²) in [5, 5.41) is 3.23. The van der Waals surface area contributed by atoms with Crippen LogP contribution in [0.5, 0.6) is 0 Å². The van der Waals surface area contributed by atoms with E-state index in [9.17, 15) is 4.79 Å². The molecule has 1 rings (SSSR count). The first-order valence-corrected chi connectivity index (χ1v) is 6.04. The molecule has 0 aromatic carbocycles. The Hall–Kier alpha value is -0.610. The predicted molar refractivity (Wildman–Crippen MR) is 62.3 cm³/mol. The minimum absolute atomic E-state index is 0.105. The van der Waals surface area contributed by atoms with E-state index in [2.05, 4.69) is 5.32 Å². The third-order valence-electron chi connectivity index (χ3n) is 2.86. The SMILES string of the molecule is CC(C)OCCOC(=O)C1(C)CCCNC1. The van der Waals surface area contributed by atoms with Crippen molar-refractivity contribution in [1.29, 1.82) is 0 Å². The van der Waals surface area contributed by atoms with Gasteiger partial charge in [-0.2, -0.15) is 0 Å². The first kappa shape index (κ1) is 13.5. The van der Waals surface area contributed by atoms with Gasteiger partial charge in [-0.15, -0.1) is 0 Å². The number of piperidine rings is 1. The average Bonchev–Trinajstić information content (AvgIpc) is 2.25. The molecular formula is C12H23NO3. The zero-order chi connectivity index (χ0) is 12.0. The van der Waals surface area contributed by atoms with Crippen LogP contribution in [-0.2, 0) is 14.3 Å². The zero-order valence-electron chi connectivity index (χ0n) is 10.5. The van der Waals surface area contributed by atoms with E-state index >= 15 is 0 Å². The van der Waals surface area contributed by atoms with Crippen molar-refractivity contribution in [2.24, 2.45) is 5.41 Å². The van der Waals surface area contributed by atoms with Gasteiger partial charge in [-0.05, 0) is 40.2 Å². The van der Waals surface area contributed by atoms with Crippen LogP contribution in [0.4, 0.5) is 0 Å². The number of esters is 1. The highest BCUT2D eigenvalue weighted by molar-refractivity contribution is 5.76. The van der Waals surface area contributed by atoms with Gasteiger partial charge in [0, 0.05) is 6.54 Å². The lowest BCUT2D eigenvalue weighted by atomic mass is 9.83. The van der Waals surface area contributed by atoms with Gasteiger partial charge < -0.3 is 14.8 Å². The Labute approximate surface area is 97.7 Å². The Morgan fingerprint density at radius 3 is 2.75 bits per heavy atom. The molecule has 0 spiro atoms. The number of hydrogen-bond acceptors (Lipinski definition) is 4. The van der Waals surface area contributed by atoms with E-state index in [0.29, 0.717) is 13.2 Å². The Kier molecular flexibility index (Phi) is 5.22. The summed E-state index contributed by atoms with van der Waals surface area (Å²) >= 11 is 0. The van der Waals surface area contributed by atoms with Gasteiger partial charge >= 0.3 is 5.97 Å². The summed E-state index contributed by atoms with van der Waals surface area (Å²) in [5.41, 5.74) is -0.351. The number of rotatable bonds is 5. The molecule has 0 bridgehead atoms. The fraction of sp³-hybridized carbons (Fsp3) is 0.917. The molecule has 0 aliphatic carbocycles. The topological polar surface area (TPSA) is 47.6 Å². The molecule has 1 saturated heterocycles. The van der Waals surface area contributed by atoms with Crippen LogP contribution in [0.1, 0.15) is 33.6 Å². The lowest BCUT2D eigenvalue weighted by Gasteiger charge is -2.31. The van der Waals surface area contributed by atoms with Crippen LogP contribution in [0.3, 0.4) is 0 Å². The molecule has 4 nitrogen and oxygen atoms in total. The van der Waals surface area contributed by atoms with Crippen LogP contribution in [0.15, 0.2) is 0 Å². The smallest absolute Gasteiger partial charge is 0.313 e. The quantitative estimate of drug-likeness (QED) is 0.571. The molecular weight excluding hydrogens is 206 g/mol. The number of nitrogens with one attached hydrogen (secondary N) is 1. The van der Waals surface area contributed by atoms with Crippen molar-refractivity contribution in [1.82, 2.24) is 5.32 Å². The van der Waals surface area contributed by atoms with Gasteiger partial charge in [0.25, 0.3) is 0 Å². The molecule has 4 heteroatoms. The molecule has 0 aromatic heterocycles. The molecule has 0 saturated carbocycles. The van der Waals surface area contributed by atoms with Gasteiger partial charge in [0.15, 0.2) is 0 Å². The van der Waals surface area contributed by atoms with Crippen molar-refractivity contribution in [3.8, 4) is 0 Å². The van der Waals surface area contributed by atoms with Crippen LogP contribution in [0, 0.1) is 5.41 Å². The van der Waals surface area contributed by atoms with E-state index in [1.54, 1.807) is 0 Å². The third kappa shape index (κ3) is 4.10. The molecule has 1 fully saturated rings. The van der Waals surface area contributed by atoms with Crippen LogP contribution < -0.4 is 5.32 Å². The van der Waals surface area contributed by atoms with E-state index in [-0.39, 0.29) is 17.5 Å². The summed E-state index contributed by atoms with van der Waals surface area (Å²) in [4.78, 5) is 11.8. The van der Waals surface area contributed by atoms with Crippen LogP contribution in [-0.4, -0.2) is 38.4 Å². The summed E-state index contributed by atoms with van der Waals surface area (Å²) in [6.07, 6.45) is 2.13. The highest BCUT2D eigenvalue weighted by Crippen LogP contribution is 2.26. The Balaban J connectivity index is 2.23. The lowest BCUT2D eigenvalue weighted by molar-refractivity contribution is -0.157. The Morgan fingerprint density at radius 2 is 2.19 bits per heavy atom. The van der Waals surface area contributed by atoms with E-state index in [4.69, 9.17) is 9.47 Å². The maximum atomic E-state index is 11.8. The fourth-order valence-electron chi connectivity index (χ4n) is 1.82. The molecule has 1 N–H and O–H groups in total. The van der Waals surface area contributed by atoms with E-state index in [0.717, 1.165) is 25.9 Å². The number of carbonyl (C=O) groups is 1. The van der Waals surface area contributed by atoms with E-state index in [1.165, 1.54) is 0 Å². The summed E-state index contributed by atoms with van der Waals surface area (Å²) in [7, 11) is 0. The van der Waals surface area contributed by atoms with Crippen LogP contribution >= 0.6 is 0 Å². The third-order valence-corrected chi connectivity index (χ3v) is 2.86. The molecule has 1 heterocycles. The van der Waals surface area contributed by atoms with Crippen molar-refractivity contribution in [3.05, 3.63) is 0 Å². The van der Waals surface area contributed by atoms with Crippen LogP contribution in [0.2, 0.25) is 0 Å². The molecule has 94 valence electrons. The summed E-state index contributed by atoms with van der Waals surface area (Å²) in [5.74, 6) is -0.105. The van der Waals surface area contributed by atoms with Crippen molar-refractivity contribution < 1.29 is 14.3 Å². The Morgan fingerprint density at radius 1 is 1.44 bits per heavy atom. The molecule has 0 amide bonds. The lowest BCUT2D eigenvalue weighted by Crippen LogP contribution is -2.44. The van der Waals surface area contributed by atoms with Gasteiger partial charge in [-0.25, -0.2) is 0 Å². The molecule has 1 atom stereocenters. The number of ether oxygens (including phenoxy) is 2. The minimum atomic E-state index is -0.351. The van der Waals surface area contributed by atoms with Gasteiger partial charge in [0.2, 0.25) is 0 Å².